The monoisotopic (exact) mass is 429 g/mol. The van der Waals surface area contributed by atoms with Crippen LogP contribution in [0.2, 0.25) is 0 Å². The maximum Gasteiger partial charge on any atom is 0.338 e. The van der Waals surface area contributed by atoms with Gasteiger partial charge in [-0.25, -0.2) is 4.79 Å². The largest absolute Gasteiger partial charge is 0.454 e. The summed E-state index contributed by atoms with van der Waals surface area (Å²) in [5, 5.41) is 2.72. The smallest absolute Gasteiger partial charge is 0.338 e. The van der Waals surface area contributed by atoms with Gasteiger partial charge in [-0.15, -0.1) is 23.5 Å². The van der Waals surface area contributed by atoms with E-state index in [-0.39, 0.29) is 18.3 Å². The van der Waals surface area contributed by atoms with E-state index >= 15 is 0 Å². The molecule has 1 aliphatic heterocycles. The summed E-state index contributed by atoms with van der Waals surface area (Å²) >= 11 is 3.85. The molecule has 1 heterocycles. The minimum absolute atomic E-state index is 0.0929. The number of ether oxygens (including phenoxy) is 1. The molecule has 152 valence electrons. The number of carbonyl (C=O) groups is 3. The van der Waals surface area contributed by atoms with Crippen molar-refractivity contribution < 1.29 is 19.1 Å². The van der Waals surface area contributed by atoms with Gasteiger partial charge < -0.3 is 10.1 Å². The molecule has 0 atom stereocenters. The van der Waals surface area contributed by atoms with Gasteiger partial charge in [0.05, 0.1) is 10.1 Å². The normalized spacial score (nSPS) is 14.2. The number of hydrogen-bond donors (Lipinski definition) is 1. The summed E-state index contributed by atoms with van der Waals surface area (Å²) in [4.78, 5) is 35.9. The van der Waals surface area contributed by atoms with E-state index in [0.717, 1.165) is 11.5 Å². The highest BCUT2D eigenvalue weighted by Gasteiger charge is 2.17. The van der Waals surface area contributed by atoms with Crippen LogP contribution in [0.3, 0.4) is 0 Å². The number of amides is 1. The molecule has 0 aromatic heterocycles. The van der Waals surface area contributed by atoms with E-state index in [4.69, 9.17) is 4.74 Å². The third-order valence-electron chi connectivity index (χ3n) is 4.39. The van der Waals surface area contributed by atoms with Crippen molar-refractivity contribution in [2.24, 2.45) is 0 Å². The number of rotatable bonds is 7. The number of thioether (sulfide) groups is 2. The van der Waals surface area contributed by atoms with Crippen LogP contribution in [0.25, 0.3) is 0 Å². The molecule has 0 radical (unpaired) electrons. The van der Waals surface area contributed by atoms with Gasteiger partial charge in [-0.2, -0.15) is 0 Å². The van der Waals surface area contributed by atoms with Gasteiger partial charge in [0.15, 0.2) is 12.4 Å². The molecule has 0 spiro atoms. The molecule has 1 aliphatic rings. The molecule has 2 aromatic carbocycles. The third-order valence-corrected chi connectivity index (χ3v) is 7.41. The Bertz CT molecular complexity index is 859. The Kier molecular flexibility index (Phi) is 7.77. The summed E-state index contributed by atoms with van der Waals surface area (Å²) in [6, 6.07) is 13.9. The van der Waals surface area contributed by atoms with E-state index in [1.54, 1.807) is 43.3 Å². The fourth-order valence-electron chi connectivity index (χ4n) is 2.74. The maximum absolute atomic E-state index is 12.3. The summed E-state index contributed by atoms with van der Waals surface area (Å²) in [7, 11) is 0. The predicted octanol–water partition coefficient (Wildman–Crippen LogP) is 4.94. The van der Waals surface area contributed by atoms with Crippen LogP contribution in [-0.2, 0) is 9.53 Å². The van der Waals surface area contributed by atoms with Crippen molar-refractivity contribution in [1.82, 2.24) is 0 Å². The number of hydrogen-bond acceptors (Lipinski definition) is 6. The van der Waals surface area contributed by atoms with Crippen molar-refractivity contribution in [3.8, 4) is 0 Å². The number of benzene rings is 2. The zero-order valence-electron chi connectivity index (χ0n) is 16.2. The fraction of sp³-hybridized carbons (Fsp3) is 0.318. The lowest BCUT2D eigenvalue weighted by Gasteiger charge is -2.21. The second-order valence-corrected chi connectivity index (χ2v) is 9.25. The van der Waals surface area contributed by atoms with Crippen LogP contribution >= 0.6 is 23.5 Å². The van der Waals surface area contributed by atoms with Crippen LogP contribution in [0.15, 0.2) is 48.5 Å². The first-order valence-electron chi connectivity index (χ1n) is 9.50. The van der Waals surface area contributed by atoms with E-state index < -0.39 is 5.97 Å². The highest BCUT2D eigenvalue weighted by Crippen LogP contribution is 2.43. The molecular weight excluding hydrogens is 406 g/mol. The number of Topliss-reactive ketones (excluding diaryl/α,β-unsaturated/α-hetero) is 1. The van der Waals surface area contributed by atoms with Crippen LogP contribution in [0.5, 0.6) is 0 Å². The van der Waals surface area contributed by atoms with Gasteiger partial charge in [-0.1, -0.05) is 19.1 Å². The minimum Gasteiger partial charge on any atom is -0.454 e. The zero-order chi connectivity index (χ0) is 20.6. The second kappa shape index (κ2) is 10.5. The summed E-state index contributed by atoms with van der Waals surface area (Å²) in [5.74, 6) is 1.43. The molecule has 2 aromatic rings. The van der Waals surface area contributed by atoms with Crippen LogP contribution in [-0.4, -0.2) is 35.8 Å². The molecule has 0 aliphatic carbocycles. The van der Waals surface area contributed by atoms with Gasteiger partial charge in [0.25, 0.3) is 0 Å². The van der Waals surface area contributed by atoms with Gasteiger partial charge in [-0.3, -0.25) is 9.59 Å². The molecule has 0 bridgehead atoms. The molecular formula is C22H23NO4S2. The first kappa shape index (κ1) is 21.5. The maximum atomic E-state index is 12.3. The van der Waals surface area contributed by atoms with Crippen molar-refractivity contribution in [2.45, 2.75) is 24.3 Å². The molecule has 0 unspecified atom stereocenters. The topological polar surface area (TPSA) is 72.5 Å². The molecule has 0 saturated carbocycles. The SMILES string of the molecule is CCC(=O)Nc1ccc(C(=O)COC(=O)c2ccc(C3SCCCS3)cc2)cc1. The van der Waals surface area contributed by atoms with Crippen molar-refractivity contribution in [3.05, 3.63) is 65.2 Å². The third kappa shape index (κ3) is 6.11. The number of anilines is 1. The lowest BCUT2D eigenvalue weighted by Crippen LogP contribution is -2.14. The fourth-order valence-corrected chi connectivity index (χ4v) is 5.64. The lowest BCUT2D eigenvalue weighted by atomic mass is 10.1. The van der Waals surface area contributed by atoms with E-state index in [0.29, 0.717) is 27.8 Å². The molecule has 29 heavy (non-hydrogen) atoms. The molecule has 1 saturated heterocycles. The highest BCUT2D eigenvalue weighted by molar-refractivity contribution is 8.16. The van der Waals surface area contributed by atoms with E-state index in [9.17, 15) is 14.4 Å². The van der Waals surface area contributed by atoms with E-state index in [1.165, 1.54) is 12.0 Å². The average Bonchev–Trinajstić information content (AvgIpc) is 2.78. The van der Waals surface area contributed by atoms with Crippen molar-refractivity contribution >= 4 is 46.9 Å². The first-order chi connectivity index (χ1) is 14.1. The average molecular weight is 430 g/mol. The number of esters is 1. The Labute approximate surface area is 179 Å². The highest BCUT2D eigenvalue weighted by atomic mass is 32.2. The van der Waals surface area contributed by atoms with Crippen LogP contribution in [0, 0.1) is 0 Å². The van der Waals surface area contributed by atoms with Crippen LogP contribution in [0.1, 0.15) is 50.6 Å². The Balaban J connectivity index is 1.51. The predicted molar refractivity (Wildman–Crippen MR) is 119 cm³/mol. The van der Waals surface area contributed by atoms with Gasteiger partial charge >= 0.3 is 5.97 Å². The number of nitrogens with one attached hydrogen (secondary N) is 1. The lowest BCUT2D eigenvalue weighted by molar-refractivity contribution is -0.115. The van der Waals surface area contributed by atoms with Crippen LogP contribution < -0.4 is 5.32 Å². The molecule has 1 fully saturated rings. The van der Waals surface area contributed by atoms with Crippen molar-refractivity contribution in [2.75, 3.05) is 23.4 Å². The number of ketones is 1. The summed E-state index contributed by atoms with van der Waals surface area (Å²) < 4.78 is 5.59. The van der Waals surface area contributed by atoms with Gasteiger partial charge in [0.2, 0.25) is 5.91 Å². The summed E-state index contributed by atoms with van der Waals surface area (Å²) in [6.45, 7) is 1.44. The van der Waals surface area contributed by atoms with Gasteiger partial charge in [-0.05, 0) is 59.9 Å². The standard InChI is InChI=1S/C22H23NO4S2/c1-2-20(25)23-18-10-8-15(9-11-18)19(24)14-27-21(26)16-4-6-17(7-5-16)22-28-12-3-13-29-22/h4-11,22H,2-3,12-14H2,1H3,(H,23,25). The quantitative estimate of drug-likeness (QED) is 0.496. The van der Waals surface area contributed by atoms with Gasteiger partial charge in [0.1, 0.15) is 0 Å². The Morgan fingerprint density at radius 3 is 2.21 bits per heavy atom. The Hall–Kier alpha value is -2.25. The number of carbonyl (C=O) groups excluding carboxylic acids is 3. The second-order valence-electron chi connectivity index (χ2n) is 6.53. The Morgan fingerprint density at radius 2 is 1.59 bits per heavy atom. The Morgan fingerprint density at radius 1 is 0.966 bits per heavy atom. The van der Waals surface area contributed by atoms with E-state index in [2.05, 4.69) is 5.32 Å². The van der Waals surface area contributed by atoms with Crippen molar-refractivity contribution in [1.29, 1.82) is 0 Å². The molecule has 5 nitrogen and oxygen atoms in total. The van der Waals surface area contributed by atoms with Gasteiger partial charge in [0, 0.05) is 17.7 Å². The molecule has 1 amide bonds. The van der Waals surface area contributed by atoms with E-state index in [1.807, 2.05) is 35.7 Å². The molecule has 1 N–H and O–H groups in total. The van der Waals surface area contributed by atoms with Crippen LogP contribution in [0.4, 0.5) is 5.69 Å². The molecule has 7 heteroatoms. The summed E-state index contributed by atoms with van der Waals surface area (Å²) in [5.41, 5.74) is 2.68. The molecule has 3 rings (SSSR count). The zero-order valence-corrected chi connectivity index (χ0v) is 17.8. The first-order valence-corrected chi connectivity index (χ1v) is 11.6. The summed E-state index contributed by atoms with van der Waals surface area (Å²) in [6.07, 6.45) is 1.62. The van der Waals surface area contributed by atoms with Crippen molar-refractivity contribution in [3.63, 3.8) is 0 Å². The minimum atomic E-state index is -0.513.